The molecule has 2 aliphatic heterocycles. The summed E-state index contributed by atoms with van der Waals surface area (Å²) in [5.41, 5.74) is 0.363. The third kappa shape index (κ3) is 4.50. The van der Waals surface area contributed by atoms with E-state index < -0.39 is 15.3 Å². The van der Waals surface area contributed by atoms with Crippen molar-refractivity contribution in [3.05, 3.63) is 16.1 Å². The number of thiazole rings is 1. The maximum Gasteiger partial charge on any atom is 0.250 e. The van der Waals surface area contributed by atoms with Gasteiger partial charge in [0.2, 0.25) is 5.91 Å². The predicted molar refractivity (Wildman–Crippen MR) is 101 cm³/mol. The number of carbonyl (C=O) groups excluding carboxylic acids is 2. The average molecular weight is 400 g/mol. The number of aryl methyl sites for hydroxylation is 1. The van der Waals surface area contributed by atoms with Gasteiger partial charge in [-0.25, -0.2) is 9.19 Å². The molecule has 0 aromatic carbocycles. The Hall–Kier alpha value is -1.32. The van der Waals surface area contributed by atoms with Crippen molar-refractivity contribution in [1.82, 2.24) is 9.88 Å². The molecular weight excluding hydrogens is 374 g/mol. The Kier molecular flexibility index (Phi) is 5.78. The zero-order valence-electron chi connectivity index (χ0n) is 15.2. The molecule has 2 aliphatic rings. The molecule has 0 N–H and O–H groups in total. The van der Waals surface area contributed by atoms with Crippen LogP contribution in [-0.4, -0.2) is 62.7 Å². The zero-order valence-corrected chi connectivity index (χ0v) is 16.9. The van der Waals surface area contributed by atoms with Gasteiger partial charge in [-0.15, -0.1) is 11.3 Å². The predicted octanol–water partition coefficient (Wildman–Crippen LogP) is 1.65. The van der Waals surface area contributed by atoms with E-state index in [4.69, 9.17) is 4.74 Å². The fraction of sp³-hybridized carbons (Fsp3) is 0.706. The topological polar surface area (TPSA) is 88.9 Å². The maximum atomic E-state index is 12.7. The van der Waals surface area contributed by atoms with E-state index in [1.54, 1.807) is 11.3 Å². The normalized spacial score (nSPS) is 28.9. The number of carbonyl (C=O) groups is 2. The van der Waals surface area contributed by atoms with Crippen molar-refractivity contribution in [2.45, 2.75) is 45.1 Å². The number of amides is 2. The second-order valence-electron chi connectivity index (χ2n) is 6.90. The molecule has 9 heteroatoms. The highest BCUT2D eigenvalue weighted by atomic mass is 32.2. The quantitative estimate of drug-likeness (QED) is 0.771. The Bertz CT molecular complexity index is 797. The highest BCUT2D eigenvalue weighted by molar-refractivity contribution is 7.93. The van der Waals surface area contributed by atoms with E-state index in [2.05, 4.69) is 16.3 Å². The van der Waals surface area contributed by atoms with Crippen molar-refractivity contribution in [1.29, 1.82) is 0 Å². The lowest BCUT2D eigenvalue weighted by Gasteiger charge is -2.45. The summed E-state index contributed by atoms with van der Waals surface area (Å²) in [7, 11) is -2.47. The smallest absolute Gasteiger partial charge is 0.250 e. The van der Waals surface area contributed by atoms with E-state index in [1.807, 2.05) is 10.3 Å². The molecule has 0 atom stereocenters. The molecule has 1 aromatic heterocycles. The fourth-order valence-corrected chi connectivity index (χ4v) is 6.44. The fourth-order valence-electron chi connectivity index (χ4n) is 3.46. The van der Waals surface area contributed by atoms with Crippen LogP contribution in [0.25, 0.3) is 0 Å². The number of aromatic nitrogens is 1. The van der Waals surface area contributed by atoms with E-state index in [0.717, 1.165) is 17.1 Å². The van der Waals surface area contributed by atoms with Crippen LogP contribution in [0.2, 0.25) is 0 Å². The standard InChI is InChI=1S/C17H25N3O4S2/c1-3-15-18-14(11-25-15)10-16(22)20-6-7-24-17(12-20)4-8-26(23,9-5-17)19-13(2)21/h11H,3-10,12H2,1-2H3. The van der Waals surface area contributed by atoms with Gasteiger partial charge in [-0.3, -0.25) is 9.59 Å². The molecule has 0 unspecified atom stereocenters. The van der Waals surface area contributed by atoms with Crippen molar-refractivity contribution in [3.63, 3.8) is 0 Å². The summed E-state index contributed by atoms with van der Waals surface area (Å²) >= 11 is 1.59. The third-order valence-corrected chi connectivity index (χ3v) is 8.20. The Balaban J connectivity index is 1.63. The van der Waals surface area contributed by atoms with E-state index in [9.17, 15) is 13.8 Å². The van der Waals surface area contributed by atoms with Gasteiger partial charge in [0.1, 0.15) is 0 Å². The maximum absolute atomic E-state index is 12.7. The van der Waals surface area contributed by atoms with Crippen molar-refractivity contribution in [2.75, 3.05) is 31.2 Å². The third-order valence-electron chi connectivity index (χ3n) is 4.88. The highest BCUT2D eigenvalue weighted by Crippen LogP contribution is 2.32. The minimum Gasteiger partial charge on any atom is -0.371 e. The number of hydrogen-bond donors (Lipinski definition) is 0. The van der Waals surface area contributed by atoms with Crippen LogP contribution in [0.3, 0.4) is 0 Å². The Morgan fingerprint density at radius 3 is 2.77 bits per heavy atom. The van der Waals surface area contributed by atoms with E-state index in [-0.39, 0.29) is 11.8 Å². The van der Waals surface area contributed by atoms with Gasteiger partial charge < -0.3 is 9.64 Å². The Labute approximate surface area is 158 Å². The van der Waals surface area contributed by atoms with Gasteiger partial charge in [0.15, 0.2) is 0 Å². The molecule has 2 fully saturated rings. The summed E-state index contributed by atoms with van der Waals surface area (Å²) in [4.78, 5) is 30.2. The first-order chi connectivity index (χ1) is 12.3. The van der Waals surface area contributed by atoms with Crippen LogP contribution in [0.1, 0.15) is 37.4 Å². The molecule has 1 aromatic rings. The van der Waals surface area contributed by atoms with Gasteiger partial charge in [-0.1, -0.05) is 6.92 Å². The molecule has 0 bridgehead atoms. The molecule has 144 valence electrons. The molecule has 0 aliphatic carbocycles. The minimum atomic E-state index is -2.47. The van der Waals surface area contributed by atoms with Crippen LogP contribution in [0.5, 0.6) is 0 Å². The highest BCUT2D eigenvalue weighted by Gasteiger charge is 2.42. The zero-order chi connectivity index (χ0) is 18.8. The van der Waals surface area contributed by atoms with Crippen LogP contribution < -0.4 is 0 Å². The molecule has 1 spiro atoms. The second kappa shape index (κ2) is 7.74. The van der Waals surface area contributed by atoms with Gasteiger partial charge in [-0.2, -0.15) is 4.36 Å². The molecule has 3 rings (SSSR count). The minimum absolute atomic E-state index is 0.0559. The first-order valence-corrected chi connectivity index (χ1v) is 11.6. The molecule has 2 amide bonds. The van der Waals surface area contributed by atoms with Gasteiger partial charge >= 0.3 is 0 Å². The lowest BCUT2D eigenvalue weighted by atomic mass is 9.94. The molecule has 26 heavy (non-hydrogen) atoms. The van der Waals surface area contributed by atoms with Gasteiger partial charge in [0, 0.05) is 36.9 Å². The number of rotatable bonds is 3. The molecule has 0 radical (unpaired) electrons. The first-order valence-electron chi connectivity index (χ1n) is 8.91. The van der Waals surface area contributed by atoms with Gasteiger partial charge in [0.05, 0.1) is 39.1 Å². The number of nitrogens with zero attached hydrogens (tertiary/aromatic N) is 3. The lowest BCUT2D eigenvalue weighted by molar-refractivity contribution is -0.151. The molecule has 3 heterocycles. The van der Waals surface area contributed by atoms with E-state index in [0.29, 0.717) is 50.5 Å². The number of morpholine rings is 1. The van der Waals surface area contributed by atoms with Crippen LogP contribution >= 0.6 is 11.3 Å². The van der Waals surface area contributed by atoms with Crippen LogP contribution in [0, 0.1) is 0 Å². The molecule has 2 saturated heterocycles. The van der Waals surface area contributed by atoms with Crippen molar-refractivity contribution in [3.8, 4) is 0 Å². The summed E-state index contributed by atoms with van der Waals surface area (Å²) in [6.07, 6.45) is 2.30. The number of hydrogen-bond acceptors (Lipinski definition) is 6. The van der Waals surface area contributed by atoms with Gasteiger partial charge in [0.25, 0.3) is 5.91 Å². The first kappa shape index (κ1) is 19.4. The van der Waals surface area contributed by atoms with Crippen molar-refractivity contribution >= 4 is 32.9 Å². The van der Waals surface area contributed by atoms with Crippen LogP contribution in [-0.2, 0) is 36.9 Å². The average Bonchev–Trinajstić information content (AvgIpc) is 3.05. The Morgan fingerprint density at radius 1 is 1.42 bits per heavy atom. The monoisotopic (exact) mass is 399 g/mol. The summed E-state index contributed by atoms with van der Waals surface area (Å²) < 4.78 is 22.4. The van der Waals surface area contributed by atoms with Crippen molar-refractivity contribution in [2.24, 2.45) is 4.36 Å². The lowest BCUT2D eigenvalue weighted by Crippen LogP contribution is -2.56. The number of ether oxygens (including phenoxy) is 1. The van der Waals surface area contributed by atoms with Crippen molar-refractivity contribution < 1.29 is 18.5 Å². The summed E-state index contributed by atoms with van der Waals surface area (Å²) in [6, 6.07) is 0. The molecule has 0 saturated carbocycles. The summed E-state index contributed by atoms with van der Waals surface area (Å²) in [5, 5.41) is 2.99. The summed E-state index contributed by atoms with van der Waals surface area (Å²) in [5.74, 6) is 0.364. The Morgan fingerprint density at radius 2 is 2.15 bits per heavy atom. The van der Waals surface area contributed by atoms with E-state index in [1.165, 1.54) is 6.92 Å². The van der Waals surface area contributed by atoms with Crippen LogP contribution in [0.15, 0.2) is 9.74 Å². The summed E-state index contributed by atoms with van der Waals surface area (Å²) in [6.45, 7) is 4.94. The van der Waals surface area contributed by atoms with Crippen LogP contribution in [0.4, 0.5) is 0 Å². The SMILES string of the molecule is CCc1nc(CC(=O)N2CCOC3(CCS(=O)(=NC(C)=O)CC3)C2)cs1. The largest absolute Gasteiger partial charge is 0.371 e. The second-order valence-corrected chi connectivity index (χ2v) is 10.4. The van der Waals surface area contributed by atoms with Gasteiger partial charge in [-0.05, 0) is 19.3 Å². The molecular formula is C17H25N3O4S2. The molecule has 7 nitrogen and oxygen atoms in total. The van der Waals surface area contributed by atoms with E-state index >= 15 is 0 Å².